The van der Waals surface area contributed by atoms with Crippen molar-refractivity contribution in [3.8, 4) is 0 Å². The van der Waals surface area contributed by atoms with Crippen LogP contribution in [0.5, 0.6) is 0 Å². The van der Waals surface area contributed by atoms with Gasteiger partial charge in [-0.25, -0.2) is 0 Å². The monoisotopic (exact) mass is 459 g/mol. The molecule has 4 heteroatoms. The first-order valence-corrected chi connectivity index (χ1v) is 12.5. The Morgan fingerprint density at radius 2 is 1.09 bits per heavy atom. The summed E-state index contributed by atoms with van der Waals surface area (Å²) in [5, 5.41) is 0.300. The number of hydrogen-bond donors (Lipinski definition) is 0. The largest absolute Gasteiger partial charge is 0.289 e. The summed E-state index contributed by atoms with van der Waals surface area (Å²) in [7, 11) is -2.46. The first-order chi connectivity index (χ1) is 15.4. The van der Waals surface area contributed by atoms with E-state index in [0.717, 1.165) is 44.5 Å². The summed E-state index contributed by atoms with van der Waals surface area (Å²) in [6.07, 6.45) is 0. The van der Waals surface area contributed by atoms with Crippen molar-refractivity contribution in [2.24, 2.45) is 0 Å². The maximum atomic E-state index is 13.8. The van der Waals surface area contributed by atoms with Gasteiger partial charge in [-0.2, -0.15) is 0 Å². The number of aryl methyl sites for hydroxylation is 2. The molecular formula is C29H32O3P. The maximum absolute atomic E-state index is 13.8. The van der Waals surface area contributed by atoms with Gasteiger partial charge in [0.25, 0.3) is 0 Å². The molecule has 33 heavy (non-hydrogen) atoms. The molecule has 0 aliphatic heterocycles. The second-order valence-electron chi connectivity index (χ2n) is 9.08. The van der Waals surface area contributed by atoms with E-state index in [2.05, 4.69) is 6.92 Å². The highest BCUT2D eigenvalue weighted by Crippen LogP contribution is 2.34. The number of ketones is 1. The molecule has 1 atom stereocenters. The molecule has 0 saturated carbocycles. The van der Waals surface area contributed by atoms with Gasteiger partial charge in [-0.15, -0.1) is 0 Å². The molecular weight excluding hydrogens is 427 g/mol. The van der Waals surface area contributed by atoms with Crippen molar-refractivity contribution in [3.63, 3.8) is 0 Å². The average Bonchev–Trinajstić information content (AvgIpc) is 2.79. The highest BCUT2D eigenvalue weighted by molar-refractivity contribution is 7.71. The Kier molecular flexibility index (Phi) is 6.86. The van der Waals surface area contributed by atoms with Crippen molar-refractivity contribution in [1.29, 1.82) is 0 Å². The predicted octanol–water partition coefficient (Wildman–Crippen LogP) is 6.99. The zero-order chi connectivity index (χ0) is 24.8. The van der Waals surface area contributed by atoms with Crippen molar-refractivity contribution in [2.45, 2.75) is 62.3 Å². The van der Waals surface area contributed by atoms with Crippen LogP contribution >= 0.6 is 7.80 Å². The molecule has 3 rings (SSSR count). The molecule has 0 fully saturated rings. The van der Waals surface area contributed by atoms with Gasteiger partial charge in [-0.3, -0.25) is 14.2 Å². The van der Waals surface area contributed by atoms with Crippen molar-refractivity contribution in [2.75, 3.05) is 0 Å². The molecule has 3 aromatic rings. The summed E-state index contributed by atoms with van der Waals surface area (Å²) in [5.41, 5.74) is 10.0. The van der Waals surface area contributed by atoms with Crippen LogP contribution in [-0.2, 0) is 4.57 Å². The van der Waals surface area contributed by atoms with Gasteiger partial charge in [-0.05, 0) is 125 Å². The van der Waals surface area contributed by atoms with Crippen molar-refractivity contribution >= 4 is 24.4 Å². The molecule has 0 aliphatic rings. The summed E-state index contributed by atoms with van der Waals surface area (Å²) < 4.78 is 13.6. The van der Waals surface area contributed by atoms with Crippen LogP contribution in [0.1, 0.15) is 76.4 Å². The van der Waals surface area contributed by atoms with Crippen molar-refractivity contribution < 1.29 is 14.2 Å². The minimum absolute atomic E-state index is 0.184. The molecule has 0 saturated heterocycles. The van der Waals surface area contributed by atoms with Gasteiger partial charge in [0, 0.05) is 16.7 Å². The van der Waals surface area contributed by atoms with E-state index in [9.17, 15) is 14.2 Å². The Labute approximate surface area is 198 Å². The highest BCUT2D eigenvalue weighted by atomic mass is 31.1. The third kappa shape index (κ3) is 4.11. The Morgan fingerprint density at radius 3 is 1.67 bits per heavy atom. The molecule has 0 spiro atoms. The zero-order valence-corrected chi connectivity index (χ0v) is 22.0. The molecule has 0 bridgehead atoms. The lowest BCUT2D eigenvalue weighted by Gasteiger charge is -2.19. The molecule has 1 radical (unpaired) electrons. The summed E-state index contributed by atoms with van der Waals surface area (Å²) in [6, 6.07) is 8.78. The number of rotatable bonds is 5. The molecule has 0 amide bonds. The quantitative estimate of drug-likeness (QED) is 0.305. The molecule has 3 nitrogen and oxygen atoms in total. The lowest BCUT2D eigenvalue weighted by atomic mass is 9.86. The maximum Gasteiger partial charge on any atom is 0.247 e. The number of hydrogen-bond acceptors (Lipinski definition) is 3. The van der Waals surface area contributed by atoms with Gasteiger partial charge in [-0.1, -0.05) is 18.2 Å². The van der Waals surface area contributed by atoms with Gasteiger partial charge < -0.3 is 0 Å². The lowest BCUT2D eigenvalue weighted by Crippen LogP contribution is -2.19. The topological polar surface area (TPSA) is 51.2 Å². The smallest absolute Gasteiger partial charge is 0.247 e. The number of carbonyl (C=O) groups excluding carboxylic acids is 2. The van der Waals surface area contributed by atoms with Crippen LogP contribution in [0.2, 0.25) is 0 Å². The van der Waals surface area contributed by atoms with Crippen molar-refractivity contribution in [1.82, 2.24) is 0 Å². The van der Waals surface area contributed by atoms with Crippen LogP contribution in [0.3, 0.4) is 0 Å². The summed E-state index contributed by atoms with van der Waals surface area (Å²) >= 11 is 0. The van der Waals surface area contributed by atoms with Gasteiger partial charge in [0.05, 0.1) is 5.30 Å². The number of benzene rings is 3. The molecule has 3 aromatic carbocycles. The standard InChI is InChI=1S/C29H32O3P/c1-15-14-16(2)26(21(7)17(15)3)29(31)33(32)25-13-11-10-12-24(25)28(30)27-22(8)19(5)18(4)20(6)23(27)9/h10-14H,1-9H3. The van der Waals surface area contributed by atoms with Gasteiger partial charge >= 0.3 is 0 Å². The SMILES string of the molecule is Cc1cc(C)c(C(=O)[P](=O)c2ccccc2C(=O)c2c(C)c(C)c(C)c(C)c2C)c(C)c1C. The summed E-state index contributed by atoms with van der Waals surface area (Å²) in [5.74, 6) is -0.184. The predicted molar refractivity (Wildman–Crippen MR) is 137 cm³/mol. The van der Waals surface area contributed by atoms with Crippen LogP contribution in [0.25, 0.3) is 0 Å². The first kappa shape index (κ1) is 24.7. The van der Waals surface area contributed by atoms with Crippen LogP contribution in [0, 0.1) is 62.3 Å². The fourth-order valence-corrected chi connectivity index (χ4v) is 6.02. The Morgan fingerprint density at radius 1 is 0.606 bits per heavy atom. The Hall–Kier alpha value is -2.90. The summed E-state index contributed by atoms with van der Waals surface area (Å²) in [4.78, 5) is 27.2. The van der Waals surface area contributed by atoms with E-state index in [1.807, 2.05) is 61.5 Å². The fourth-order valence-electron chi connectivity index (χ4n) is 4.64. The average molecular weight is 460 g/mol. The van der Waals surface area contributed by atoms with Crippen LogP contribution < -0.4 is 5.30 Å². The fraction of sp³-hybridized carbons (Fsp3) is 0.310. The van der Waals surface area contributed by atoms with Crippen LogP contribution in [0.15, 0.2) is 30.3 Å². The second kappa shape index (κ2) is 9.15. The Balaban J connectivity index is 2.16. The van der Waals surface area contributed by atoms with Crippen LogP contribution in [-0.4, -0.2) is 11.3 Å². The van der Waals surface area contributed by atoms with Gasteiger partial charge in [0.1, 0.15) is 0 Å². The first-order valence-electron chi connectivity index (χ1n) is 11.2. The van der Waals surface area contributed by atoms with E-state index < -0.39 is 13.3 Å². The second-order valence-corrected chi connectivity index (χ2v) is 10.6. The van der Waals surface area contributed by atoms with Gasteiger partial charge in [0.2, 0.25) is 5.52 Å². The third-order valence-electron chi connectivity index (χ3n) is 7.35. The van der Waals surface area contributed by atoms with E-state index in [1.54, 1.807) is 24.3 Å². The summed E-state index contributed by atoms with van der Waals surface area (Å²) in [6.45, 7) is 17.8. The molecule has 0 aromatic heterocycles. The van der Waals surface area contributed by atoms with Crippen LogP contribution in [0.4, 0.5) is 0 Å². The molecule has 0 heterocycles. The zero-order valence-electron chi connectivity index (χ0n) is 21.1. The minimum atomic E-state index is -2.46. The normalized spacial score (nSPS) is 11.5. The van der Waals surface area contributed by atoms with Gasteiger partial charge in [0.15, 0.2) is 13.6 Å². The molecule has 0 N–H and O–H groups in total. The molecule has 0 aliphatic carbocycles. The van der Waals surface area contributed by atoms with Crippen molar-refractivity contribution in [3.05, 3.63) is 97.1 Å². The molecule has 171 valence electrons. The van der Waals surface area contributed by atoms with E-state index in [1.165, 1.54) is 5.56 Å². The minimum Gasteiger partial charge on any atom is -0.289 e. The third-order valence-corrected chi connectivity index (χ3v) is 8.77. The van der Waals surface area contributed by atoms with E-state index in [4.69, 9.17) is 0 Å². The molecule has 1 unspecified atom stereocenters. The Bertz CT molecular complexity index is 1320. The van der Waals surface area contributed by atoms with E-state index in [-0.39, 0.29) is 5.78 Å². The van der Waals surface area contributed by atoms with E-state index in [0.29, 0.717) is 22.0 Å². The number of carbonyl (C=O) groups is 2. The van der Waals surface area contributed by atoms with E-state index >= 15 is 0 Å². The lowest BCUT2D eigenvalue weighted by molar-refractivity contribution is 0.103. The highest BCUT2D eigenvalue weighted by Gasteiger charge is 2.28.